The zero-order valence-electron chi connectivity index (χ0n) is 12.0. The maximum Gasteiger partial charge on any atom is 0.308 e. The summed E-state index contributed by atoms with van der Waals surface area (Å²) in [6, 6.07) is 1.42. The summed E-state index contributed by atoms with van der Waals surface area (Å²) in [5.74, 6) is -1.04. The number of carbonyl (C=O) groups excluding carboxylic acids is 3. The van der Waals surface area contributed by atoms with E-state index in [-0.39, 0.29) is 28.6 Å². The van der Waals surface area contributed by atoms with Crippen LogP contribution in [0.25, 0.3) is 0 Å². The van der Waals surface area contributed by atoms with Crippen molar-refractivity contribution in [2.24, 2.45) is 0 Å². The van der Waals surface area contributed by atoms with Crippen LogP contribution in [-0.4, -0.2) is 24.8 Å². The van der Waals surface area contributed by atoms with Crippen LogP contribution in [0.5, 0.6) is 17.2 Å². The van der Waals surface area contributed by atoms with E-state index in [9.17, 15) is 14.4 Å². The first-order chi connectivity index (χ1) is 9.27. The highest BCUT2D eigenvalue weighted by Gasteiger charge is 2.23. The van der Waals surface area contributed by atoms with Gasteiger partial charge in [0.2, 0.25) is 0 Å². The number of rotatable bonds is 4. The van der Waals surface area contributed by atoms with Crippen molar-refractivity contribution in [3.8, 4) is 17.2 Å². The Morgan fingerprint density at radius 2 is 1.50 bits per heavy atom. The Morgan fingerprint density at radius 1 is 0.950 bits per heavy atom. The maximum atomic E-state index is 11.7. The van der Waals surface area contributed by atoms with E-state index < -0.39 is 11.9 Å². The van der Waals surface area contributed by atoms with Crippen molar-refractivity contribution in [3.63, 3.8) is 0 Å². The summed E-state index contributed by atoms with van der Waals surface area (Å²) in [4.78, 5) is 34.0. The van der Waals surface area contributed by atoms with E-state index in [0.29, 0.717) is 5.56 Å². The van der Waals surface area contributed by atoms with Crippen LogP contribution < -0.4 is 14.2 Å². The van der Waals surface area contributed by atoms with E-state index in [4.69, 9.17) is 14.2 Å². The Kier molecular flexibility index (Phi) is 4.85. The largest absolute Gasteiger partial charge is 0.496 e. The number of hydrogen-bond donors (Lipinski definition) is 0. The summed E-state index contributed by atoms with van der Waals surface area (Å²) < 4.78 is 15.2. The lowest BCUT2D eigenvalue weighted by atomic mass is 10.0. The molecule has 0 saturated heterocycles. The highest BCUT2D eigenvalue weighted by atomic mass is 16.5. The van der Waals surface area contributed by atoms with Gasteiger partial charge < -0.3 is 14.2 Å². The number of esters is 2. The van der Waals surface area contributed by atoms with Gasteiger partial charge in [-0.05, 0) is 13.8 Å². The number of benzene rings is 1. The molecule has 0 spiro atoms. The first-order valence-corrected chi connectivity index (χ1v) is 5.87. The third-order valence-electron chi connectivity index (χ3n) is 2.52. The van der Waals surface area contributed by atoms with Crippen molar-refractivity contribution in [1.29, 1.82) is 0 Å². The van der Waals surface area contributed by atoms with Gasteiger partial charge in [0.1, 0.15) is 17.1 Å². The fourth-order valence-corrected chi connectivity index (χ4v) is 1.74. The van der Waals surface area contributed by atoms with Gasteiger partial charge in [-0.2, -0.15) is 0 Å². The first kappa shape index (κ1) is 15.7. The smallest absolute Gasteiger partial charge is 0.308 e. The second kappa shape index (κ2) is 6.18. The summed E-state index contributed by atoms with van der Waals surface area (Å²) >= 11 is 0. The zero-order chi connectivity index (χ0) is 15.4. The van der Waals surface area contributed by atoms with E-state index >= 15 is 0 Å². The van der Waals surface area contributed by atoms with Crippen LogP contribution in [0, 0.1) is 6.92 Å². The van der Waals surface area contributed by atoms with E-state index in [1.165, 1.54) is 33.9 Å². The summed E-state index contributed by atoms with van der Waals surface area (Å²) in [6.07, 6.45) is 0. The normalized spacial score (nSPS) is 9.85. The lowest BCUT2D eigenvalue weighted by molar-refractivity contribution is -0.132. The molecule has 6 nitrogen and oxygen atoms in total. The fraction of sp³-hybridized carbons (Fsp3) is 0.357. The number of Topliss-reactive ketones (excluding diaryl/α,β-unsaturated/α-hetero) is 1. The molecule has 0 aliphatic carbocycles. The Morgan fingerprint density at radius 3 is 1.90 bits per heavy atom. The first-order valence-electron chi connectivity index (χ1n) is 5.87. The summed E-state index contributed by atoms with van der Waals surface area (Å²) in [5, 5.41) is 0. The van der Waals surface area contributed by atoms with Crippen LogP contribution in [0.2, 0.25) is 0 Å². The molecule has 0 bridgehead atoms. The zero-order valence-corrected chi connectivity index (χ0v) is 12.0. The van der Waals surface area contributed by atoms with Crippen molar-refractivity contribution in [3.05, 3.63) is 17.2 Å². The SMILES string of the molecule is COc1cc(OC(C)=O)c(C)c(OC(C)=O)c1C(C)=O. The minimum atomic E-state index is -0.586. The monoisotopic (exact) mass is 280 g/mol. The summed E-state index contributed by atoms with van der Waals surface area (Å²) in [6.45, 7) is 5.38. The molecule has 0 aliphatic rings. The Hall–Kier alpha value is -2.37. The molecule has 1 aromatic rings. The van der Waals surface area contributed by atoms with E-state index in [1.807, 2.05) is 0 Å². The molecule has 0 aromatic heterocycles. The Labute approximate surface area is 116 Å². The third-order valence-corrected chi connectivity index (χ3v) is 2.52. The van der Waals surface area contributed by atoms with Gasteiger partial charge >= 0.3 is 11.9 Å². The van der Waals surface area contributed by atoms with Gasteiger partial charge in [0.15, 0.2) is 11.5 Å². The molecule has 0 saturated carbocycles. The highest BCUT2D eigenvalue weighted by molar-refractivity contribution is 6.01. The van der Waals surface area contributed by atoms with Crippen molar-refractivity contribution in [1.82, 2.24) is 0 Å². The van der Waals surface area contributed by atoms with Gasteiger partial charge in [0.25, 0.3) is 0 Å². The van der Waals surface area contributed by atoms with Crippen LogP contribution in [0.4, 0.5) is 0 Å². The molecule has 0 atom stereocenters. The molecule has 0 amide bonds. The lowest BCUT2D eigenvalue weighted by Crippen LogP contribution is -2.11. The maximum absolute atomic E-state index is 11.7. The Bertz CT molecular complexity index is 574. The van der Waals surface area contributed by atoms with Gasteiger partial charge in [-0.25, -0.2) is 0 Å². The van der Waals surface area contributed by atoms with Gasteiger partial charge in [-0.15, -0.1) is 0 Å². The summed E-state index contributed by atoms with van der Waals surface area (Å²) in [5.41, 5.74) is 0.512. The fourth-order valence-electron chi connectivity index (χ4n) is 1.74. The number of hydrogen-bond acceptors (Lipinski definition) is 6. The molecule has 0 N–H and O–H groups in total. The predicted molar refractivity (Wildman–Crippen MR) is 70.4 cm³/mol. The Balaban J connectivity index is 3.58. The quantitative estimate of drug-likeness (QED) is 0.477. The van der Waals surface area contributed by atoms with Crippen LogP contribution in [0.1, 0.15) is 36.7 Å². The number of ketones is 1. The average Bonchev–Trinajstić information content (AvgIpc) is 2.32. The second-order valence-electron chi connectivity index (χ2n) is 4.15. The van der Waals surface area contributed by atoms with Gasteiger partial charge in [-0.3, -0.25) is 14.4 Å². The molecule has 6 heteroatoms. The number of methoxy groups -OCH3 is 1. The van der Waals surface area contributed by atoms with Crippen LogP contribution in [-0.2, 0) is 9.59 Å². The average molecular weight is 280 g/mol. The molecule has 0 radical (unpaired) electrons. The standard InChI is InChI=1S/C14H16O6/c1-7-11(19-9(3)16)6-12(18-5)13(8(2)15)14(7)20-10(4)17/h6H,1-5H3. The topological polar surface area (TPSA) is 78.9 Å². The van der Waals surface area contributed by atoms with Gasteiger partial charge in [0.05, 0.1) is 7.11 Å². The van der Waals surface area contributed by atoms with Crippen molar-refractivity contribution in [2.75, 3.05) is 7.11 Å². The summed E-state index contributed by atoms with van der Waals surface area (Å²) in [7, 11) is 1.37. The van der Waals surface area contributed by atoms with Gasteiger partial charge in [-0.1, -0.05) is 0 Å². The number of ether oxygens (including phenoxy) is 3. The van der Waals surface area contributed by atoms with E-state index in [2.05, 4.69) is 0 Å². The minimum Gasteiger partial charge on any atom is -0.496 e. The minimum absolute atomic E-state index is 0.0422. The molecular formula is C14H16O6. The predicted octanol–water partition coefficient (Wildman–Crippen LogP) is 2.06. The molecule has 0 unspecified atom stereocenters. The third kappa shape index (κ3) is 3.34. The van der Waals surface area contributed by atoms with Crippen molar-refractivity contribution in [2.45, 2.75) is 27.7 Å². The van der Waals surface area contributed by atoms with E-state index in [1.54, 1.807) is 6.92 Å². The molecule has 20 heavy (non-hydrogen) atoms. The molecule has 0 fully saturated rings. The molecule has 1 rings (SSSR count). The molecule has 1 aromatic carbocycles. The van der Waals surface area contributed by atoms with Crippen molar-refractivity contribution < 1.29 is 28.6 Å². The molecule has 0 aliphatic heterocycles. The highest BCUT2D eigenvalue weighted by Crippen LogP contribution is 2.39. The molecule has 108 valence electrons. The van der Waals surface area contributed by atoms with Crippen molar-refractivity contribution >= 4 is 17.7 Å². The van der Waals surface area contributed by atoms with Crippen LogP contribution in [0.3, 0.4) is 0 Å². The molecular weight excluding hydrogens is 264 g/mol. The van der Waals surface area contributed by atoms with E-state index in [0.717, 1.165) is 0 Å². The lowest BCUT2D eigenvalue weighted by Gasteiger charge is -2.16. The van der Waals surface area contributed by atoms with Gasteiger partial charge in [0, 0.05) is 25.5 Å². The number of carbonyl (C=O) groups is 3. The molecule has 0 heterocycles. The second-order valence-corrected chi connectivity index (χ2v) is 4.15. The van der Waals surface area contributed by atoms with Crippen LogP contribution in [0.15, 0.2) is 6.07 Å². The van der Waals surface area contributed by atoms with Crippen LogP contribution >= 0.6 is 0 Å².